The number of para-hydroxylation sites is 1. The fourth-order valence-corrected chi connectivity index (χ4v) is 2.06. The van der Waals surface area contributed by atoms with Crippen LogP contribution in [-0.2, 0) is 0 Å². The van der Waals surface area contributed by atoms with Crippen molar-refractivity contribution in [2.75, 3.05) is 5.32 Å². The van der Waals surface area contributed by atoms with Crippen molar-refractivity contribution in [3.63, 3.8) is 0 Å². The van der Waals surface area contributed by atoms with Crippen LogP contribution in [-0.4, -0.2) is 15.8 Å². The Kier molecular flexibility index (Phi) is 3.12. The summed E-state index contributed by atoms with van der Waals surface area (Å²) >= 11 is 5.67. The zero-order valence-corrected chi connectivity index (χ0v) is 10.9. The van der Waals surface area contributed by atoms with E-state index in [-0.39, 0.29) is 5.02 Å². The molecule has 0 radical (unpaired) electrons. The Hall–Kier alpha value is -2.40. The molecule has 1 amide bonds. The summed E-state index contributed by atoms with van der Waals surface area (Å²) in [5.74, 6) is -0.533. The number of hydrogen-bond acceptors (Lipinski definition) is 2. The molecular formula is C14H9ClFN3O. The zero-order chi connectivity index (χ0) is 14.1. The third-order valence-corrected chi connectivity index (χ3v) is 3.13. The maximum atomic E-state index is 13.1. The Morgan fingerprint density at radius 3 is 2.85 bits per heavy atom. The van der Waals surface area contributed by atoms with Gasteiger partial charge in [-0.3, -0.25) is 0 Å². The molecule has 0 aliphatic heterocycles. The minimum atomic E-state index is -0.533. The number of aromatic nitrogens is 2. The zero-order valence-electron chi connectivity index (χ0n) is 10.2. The van der Waals surface area contributed by atoms with Gasteiger partial charge in [0.2, 0.25) is 0 Å². The minimum Gasteiger partial charge on any atom is -0.306 e. The van der Waals surface area contributed by atoms with Crippen LogP contribution < -0.4 is 5.32 Å². The van der Waals surface area contributed by atoms with Crippen LogP contribution in [0, 0.1) is 5.82 Å². The lowest BCUT2D eigenvalue weighted by Crippen LogP contribution is -2.20. The van der Waals surface area contributed by atoms with E-state index in [0.717, 1.165) is 5.39 Å². The van der Waals surface area contributed by atoms with E-state index in [1.165, 1.54) is 22.9 Å². The van der Waals surface area contributed by atoms with Gasteiger partial charge in [-0.2, -0.15) is 9.78 Å². The second-order valence-electron chi connectivity index (χ2n) is 4.17. The van der Waals surface area contributed by atoms with Crippen molar-refractivity contribution in [1.82, 2.24) is 9.78 Å². The molecule has 1 heterocycles. The van der Waals surface area contributed by atoms with E-state index in [0.29, 0.717) is 11.2 Å². The molecule has 0 saturated heterocycles. The molecule has 6 heteroatoms. The van der Waals surface area contributed by atoms with E-state index < -0.39 is 11.8 Å². The van der Waals surface area contributed by atoms with Gasteiger partial charge >= 0.3 is 6.03 Å². The number of anilines is 1. The van der Waals surface area contributed by atoms with Crippen LogP contribution in [0.2, 0.25) is 5.02 Å². The van der Waals surface area contributed by atoms with Crippen molar-refractivity contribution >= 4 is 34.2 Å². The summed E-state index contributed by atoms with van der Waals surface area (Å²) in [6.45, 7) is 0. The lowest BCUT2D eigenvalue weighted by molar-refractivity contribution is 0.252. The van der Waals surface area contributed by atoms with E-state index >= 15 is 0 Å². The summed E-state index contributed by atoms with van der Waals surface area (Å²) in [4.78, 5) is 12.1. The highest BCUT2D eigenvalue weighted by atomic mass is 35.5. The van der Waals surface area contributed by atoms with E-state index in [9.17, 15) is 9.18 Å². The van der Waals surface area contributed by atoms with Crippen LogP contribution in [0.15, 0.2) is 48.7 Å². The number of halogens is 2. The van der Waals surface area contributed by atoms with Crippen LogP contribution in [0.25, 0.3) is 10.9 Å². The molecule has 2 aromatic carbocycles. The summed E-state index contributed by atoms with van der Waals surface area (Å²) in [6, 6.07) is 10.9. The highest BCUT2D eigenvalue weighted by molar-refractivity contribution is 6.31. The Morgan fingerprint density at radius 1 is 1.25 bits per heavy atom. The predicted octanol–water partition coefficient (Wildman–Crippen LogP) is 3.91. The quantitative estimate of drug-likeness (QED) is 0.738. The number of rotatable bonds is 1. The Balaban J connectivity index is 1.91. The smallest absolute Gasteiger partial charge is 0.306 e. The third kappa shape index (κ3) is 2.23. The van der Waals surface area contributed by atoms with Crippen molar-refractivity contribution in [1.29, 1.82) is 0 Å². The van der Waals surface area contributed by atoms with E-state index in [2.05, 4.69) is 10.4 Å². The molecule has 0 saturated carbocycles. The van der Waals surface area contributed by atoms with Gasteiger partial charge in [0.05, 0.1) is 16.7 Å². The molecule has 3 aromatic rings. The molecule has 0 fully saturated rings. The average Bonchev–Trinajstić information content (AvgIpc) is 2.87. The molecule has 0 atom stereocenters. The molecule has 1 aromatic heterocycles. The number of benzene rings is 2. The van der Waals surface area contributed by atoms with Crippen LogP contribution in [0.3, 0.4) is 0 Å². The van der Waals surface area contributed by atoms with Gasteiger partial charge in [-0.05, 0) is 24.3 Å². The maximum Gasteiger partial charge on any atom is 0.347 e. The number of carbonyl (C=O) groups excluding carboxylic acids is 1. The number of nitrogens with zero attached hydrogens (tertiary/aromatic N) is 2. The lowest BCUT2D eigenvalue weighted by Gasteiger charge is -2.06. The highest BCUT2D eigenvalue weighted by Gasteiger charge is 2.11. The molecule has 0 bridgehead atoms. The number of amides is 1. The number of nitrogens with one attached hydrogen (secondary N) is 1. The van der Waals surface area contributed by atoms with Crippen molar-refractivity contribution in [3.05, 3.63) is 59.5 Å². The predicted molar refractivity (Wildman–Crippen MR) is 75.6 cm³/mol. The standard InChI is InChI=1S/C14H9ClFN3O/c15-11-7-10(5-6-12(11)16)18-14(20)19-13-4-2-1-3-9(13)8-17-19/h1-8H,(H,18,20). The number of carbonyl (C=O) groups is 1. The first-order chi connectivity index (χ1) is 9.65. The highest BCUT2D eigenvalue weighted by Crippen LogP contribution is 2.20. The van der Waals surface area contributed by atoms with Gasteiger partial charge in [0, 0.05) is 11.1 Å². The molecule has 0 aliphatic carbocycles. The molecule has 0 unspecified atom stereocenters. The van der Waals surface area contributed by atoms with Gasteiger partial charge in [0.1, 0.15) is 5.82 Å². The fraction of sp³-hybridized carbons (Fsp3) is 0. The first-order valence-electron chi connectivity index (χ1n) is 5.84. The van der Waals surface area contributed by atoms with E-state index in [4.69, 9.17) is 11.6 Å². The molecular weight excluding hydrogens is 281 g/mol. The minimum absolute atomic E-state index is 0.0480. The van der Waals surface area contributed by atoms with E-state index in [1.807, 2.05) is 18.2 Å². The summed E-state index contributed by atoms with van der Waals surface area (Å²) < 4.78 is 14.3. The Bertz CT molecular complexity index is 800. The molecule has 0 spiro atoms. The molecule has 20 heavy (non-hydrogen) atoms. The van der Waals surface area contributed by atoms with Gasteiger partial charge < -0.3 is 5.32 Å². The first kappa shape index (κ1) is 12.6. The molecule has 3 rings (SSSR count). The van der Waals surface area contributed by atoms with Gasteiger partial charge in [-0.15, -0.1) is 0 Å². The monoisotopic (exact) mass is 289 g/mol. The van der Waals surface area contributed by atoms with Crippen LogP contribution in [0.4, 0.5) is 14.9 Å². The Morgan fingerprint density at radius 2 is 2.05 bits per heavy atom. The second-order valence-corrected chi connectivity index (χ2v) is 4.58. The topological polar surface area (TPSA) is 46.9 Å². The fourth-order valence-electron chi connectivity index (χ4n) is 1.88. The number of hydrogen-bond donors (Lipinski definition) is 1. The van der Waals surface area contributed by atoms with Crippen LogP contribution in [0.1, 0.15) is 0 Å². The van der Waals surface area contributed by atoms with Crippen molar-refractivity contribution in [2.24, 2.45) is 0 Å². The lowest BCUT2D eigenvalue weighted by atomic mass is 10.3. The molecule has 0 aliphatic rings. The normalized spacial score (nSPS) is 10.7. The van der Waals surface area contributed by atoms with Gasteiger partial charge in [-0.1, -0.05) is 29.8 Å². The third-order valence-electron chi connectivity index (χ3n) is 2.84. The summed E-state index contributed by atoms with van der Waals surface area (Å²) in [5, 5.41) is 7.46. The average molecular weight is 290 g/mol. The summed E-state index contributed by atoms with van der Waals surface area (Å²) in [7, 11) is 0. The first-order valence-corrected chi connectivity index (χ1v) is 6.22. The maximum absolute atomic E-state index is 13.1. The number of fused-ring (bicyclic) bond motifs is 1. The van der Waals surface area contributed by atoms with Crippen molar-refractivity contribution in [3.8, 4) is 0 Å². The van der Waals surface area contributed by atoms with Crippen LogP contribution >= 0.6 is 11.6 Å². The SMILES string of the molecule is O=C(Nc1ccc(F)c(Cl)c1)n1ncc2ccccc21. The largest absolute Gasteiger partial charge is 0.347 e. The molecule has 1 N–H and O–H groups in total. The Labute approximate surface area is 118 Å². The molecule has 4 nitrogen and oxygen atoms in total. The van der Waals surface area contributed by atoms with Crippen molar-refractivity contribution in [2.45, 2.75) is 0 Å². The summed E-state index contributed by atoms with van der Waals surface area (Å²) in [6.07, 6.45) is 1.60. The van der Waals surface area contributed by atoms with Crippen molar-refractivity contribution < 1.29 is 9.18 Å². The van der Waals surface area contributed by atoms with Gasteiger partial charge in [-0.25, -0.2) is 9.18 Å². The van der Waals surface area contributed by atoms with Gasteiger partial charge in [0.25, 0.3) is 0 Å². The van der Waals surface area contributed by atoms with E-state index in [1.54, 1.807) is 12.3 Å². The molecule has 100 valence electrons. The van der Waals surface area contributed by atoms with Crippen LogP contribution in [0.5, 0.6) is 0 Å². The second kappa shape index (κ2) is 4.94. The van der Waals surface area contributed by atoms with Gasteiger partial charge in [0.15, 0.2) is 0 Å². The summed E-state index contributed by atoms with van der Waals surface area (Å²) in [5.41, 5.74) is 1.10.